The van der Waals surface area contributed by atoms with Gasteiger partial charge >= 0.3 is 0 Å². The summed E-state index contributed by atoms with van der Waals surface area (Å²) in [5.74, 6) is 0. The molecule has 0 saturated carbocycles. The van der Waals surface area contributed by atoms with Crippen molar-refractivity contribution in [3.8, 4) is 0 Å². The first-order valence-corrected chi connectivity index (χ1v) is 2.31. The van der Waals surface area contributed by atoms with E-state index in [9.17, 15) is 0 Å². The highest BCUT2D eigenvalue weighted by atomic mass is 28.2. The van der Waals surface area contributed by atoms with Crippen LogP contribution in [0.4, 0.5) is 0 Å². The van der Waals surface area contributed by atoms with Crippen LogP contribution in [0.25, 0.3) is 0 Å². The van der Waals surface area contributed by atoms with Crippen molar-refractivity contribution in [2.75, 3.05) is 0 Å². The molecule has 0 aliphatic rings. The standard InChI is InChI=1S/C2H4Si2/c1-2(3)4/h2H,1H3. The van der Waals surface area contributed by atoms with Crippen LogP contribution in [0, 0.1) is 0 Å². The summed E-state index contributed by atoms with van der Waals surface area (Å²) in [6, 6.07) is 0. The van der Waals surface area contributed by atoms with Gasteiger partial charge in [-0.2, -0.15) is 0 Å². The molecule has 0 aromatic heterocycles. The van der Waals surface area contributed by atoms with Crippen molar-refractivity contribution < 1.29 is 0 Å². The summed E-state index contributed by atoms with van der Waals surface area (Å²) >= 11 is 0. The Labute approximate surface area is 33.4 Å². The Bertz CT molecular complexity index is 8.75. The highest BCUT2D eigenvalue weighted by molar-refractivity contribution is 6.34. The Hall–Kier alpha value is 0.434. The Morgan fingerprint density at radius 2 is 1.50 bits per heavy atom. The lowest BCUT2D eigenvalue weighted by molar-refractivity contribution is 1.36. The van der Waals surface area contributed by atoms with Gasteiger partial charge in [-0.3, -0.25) is 0 Å². The van der Waals surface area contributed by atoms with Gasteiger partial charge in [-0.05, 0) is 0 Å². The Kier molecular flexibility index (Phi) is 1.91. The molecule has 0 aliphatic heterocycles. The van der Waals surface area contributed by atoms with Crippen LogP contribution in [-0.2, 0) is 0 Å². The third kappa shape index (κ3) is 26.6. The molecule has 0 atom stereocenters. The van der Waals surface area contributed by atoms with Gasteiger partial charge < -0.3 is 0 Å². The summed E-state index contributed by atoms with van der Waals surface area (Å²) in [5, 5.41) is 0.444. The zero-order chi connectivity index (χ0) is 3.58. The fourth-order valence-corrected chi connectivity index (χ4v) is 0. The quantitative estimate of drug-likeness (QED) is 0.365. The predicted molar refractivity (Wildman–Crippen MR) is 20.9 cm³/mol. The summed E-state index contributed by atoms with van der Waals surface area (Å²) in [7, 11) is 6.45. The van der Waals surface area contributed by atoms with Crippen LogP contribution in [0.2, 0.25) is 5.16 Å². The van der Waals surface area contributed by atoms with E-state index in [4.69, 9.17) is 0 Å². The van der Waals surface area contributed by atoms with Gasteiger partial charge in [-0.1, -0.05) is 12.1 Å². The molecule has 4 heavy (non-hydrogen) atoms. The molecule has 0 amide bonds. The van der Waals surface area contributed by atoms with Crippen molar-refractivity contribution in [2.24, 2.45) is 0 Å². The summed E-state index contributed by atoms with van der Waals surface area (Å²) < 4.78 is 0. The first kappa shape index (κ1) is 4.43. The Morgan fingerprint density at radius 3 is 1.50 bits per heavy atom. The second-order valence-corrected chi connectivity index (χ2v) is 3.03. The molecule has 0 fully saturated rings. The minimum atomic E-state index is 0.444. The maximum Gasteiger partial charge on any atom is 0.0216 e. The van der Waals surface area contributed by atoms with Gasteiger partial charge in [-0.25, -0.2) is 0 Å². The average Bonchev–Trinajstić information content (AvgIpc) is 0.811. The van der Waals surface area contributed by atoms with Gasteiger partial charge in [0, 0.05) is 20.5 Å². The van der Waals surface area contributed by atoms with Gasteiger partial charge in [0.2, 0.25) is 0 Å². The van der Waals surface area contributed by atoms with Gasteiger partial charge in [0.05, 0.1) is 0 Å². The van der Waals surface area contributed by atoms with Gasteiger partial charge in [0.1, 0.15) is 0 Å². The lowest BCUT2D eigenvalue weighted by atomic mass is 11.0. The van der Waals surface area contributed by atoms with Crippen molar-refractivity contribution in [1.82, 2.24) is 0 Å². The van der Waals surface area contributed by atoms with Crippen molar-refractivity contribution in [2.45, 2.75) is 12.1 Å². The molecule has 0 saturated heterocycles. The van der Waals surface area contributed by atoms with E-state index in [2.05, 4.69) is 20.5 Å². The molecule has 0 aromatic carbocycles. The first-order chi connectivity index (χ1) is 1.73. The molecule has 0 spiro atoms. The summed E-state index contributed by atoms with van der Waals surface area (Å²) in [5.41, 5.74) is 0. The van der Waals surface area contributed by atoms with Crippen LogP contribution < -0.4 is 0 Å². The van der Waals surface area contributed by atoms with E-state index < -0.39 is 0 Å². The minimum Gasteiger partial charge on any atom is -0.0686 e. The van der Waals surface area contributed by atoms with E-state index >= 15 is 0 Å². The normalized spacial score (nSPS) is 9.00. The third-order valence-electron chi connectivity index (χ3n) is 0. The molecule has 0 aromatic rings. The molecule has 0 unspecified atom stereocenters. The number of hydrogen-bond donors (Lipinski definition) is 0. The largest absolute Gasteiger partial charge is 0.0686 e. The second kappa shape index (κ2) is 1.72. The van der Waals surface area contributed by atoms with Crippen LogP contribution in [0.15, 0.2) is 0 Å². The van der Waals surface area contributed by atoms with E-state index in [1.165, 1.54) is 0 Å². The van der Waals surface area contributed by atoms with E-state index in [1.807, 2.05) is 6.92 Å². The highest BCUT2D eigenvalue weighted by Gasteiger charge is 1.70. The zero-order valence-electron chi connectivity index (χ0n) is 2.58. The van der Waals surface area contributed by atoms with Crippen LogP contribution >= 0.6 is 0 Å². The van der Waals surface area contributed by atoms with Crippen LogP contribution in [0.5, 0.6) is 0 Å². The summed E-state index contributed by atoms with van der Waals surface area (Å²) in [6.07, 6.45) is 0. The Balaban J connectivity index is 2.32. The fraction of sp³-hybridized carbons (Fsp3) is 1.00. The monoisotopic (exact) mass is 84.0 g/mol. The SMILES string of the molecule is CC([Si])[Si]. The molecule has 6 radical (unpaired) electrons. The van der Waals surface area contributed by atoms with Crippen molar-refractivity contribution in [1.29, 1.82) is 0 Å². The molecule has 0 bridgehead atoms. The molecular formula is C2H4Si2. The molecule has 0 N–H and O–H groups in total. The zero-order valence-corrected chi connectivity index (χ0v) is 4.58. The van der Waals surface area contributed by atoms with E-state index in [0.717, 1.165) is 0 Å². The average molecular weight is 84.2 g/mol. The van der Waals surface area contributed by atoms with E-state index in [-0.39, 0.29) is 0 Å². The topological polar surface area (TPSA) is 0 Å². The van der Waals surface area contributed by atoms with Gasteiger partial charge in [-0.15, -0.1) is 0 Å². The highest BCUT2D eigenvalue weighted by Crippen LogP contribution is 1.77. The van der Waals surface area contributed by atoms with Crippen LogP contribution in [0.3, 0.4) is 0 Å². The maximum absolute atomic E-state index is 3.23. The Morgan fingerprint density at radius 1 is 1.50 bits per heavy atom. The molecule has 0 aliphatic carbocycles. The maximum atomic E-state index is 3.23. The molecule has 0 rings (SSSR count). The molecule has 0 heterocycles. The molecule has 20 valence electrons. The van der Waals surface area contributed by atoms with E-state index in [1.54, 1.807) is 0 Å². The third-order valence-corrected chi connectivity index (χ3v) is 0. The summed E-state index contributed by atoms with van der Waals surface area (Å²) in [6.45, 7) is 1.99. The lowest BCUT2D eigenvalue weighted by Gasteiger charge is -1.77. The van der Waals surface area contributed by atoms with Crippen molar-refractivity contribution in [3.05, 3.63) is 0 Å². The minimum absolute atomic E-state index is 0.444. The smallest absolute Gasteiger partial charge is 0.0216 e. The first-order valence-electron chi connectivity index (χ1n) is 1.15. The molecule has 0 nitrogen and oxygen atoms in total. The lowest BCUT2D eigenvalue weighted by Crippen LogP contribution is -1.76. The number of rotatable bonds is 0. The second-order valence-electron chi connectivity index (χ2n) is 0.722. The van der Waals surface area contributed by atoms with Crippen LogP contribution in [0.1, 0.15) is 6.92 Å². The van der Waals surface area contributed by atoms with Gasteiger partial charge in [0.15, 0.2) is 0 Å². The van der Waals surface area contributed by atoms with Crippen LogP contribution in [-0.4, -0.2) is 20.5 Å². The fourth-order valence-electron chi connectivity index (χ4n) is 0. The predicted octanol–water partition coefficient (Wildman–Crippen LogP) is 0.0893. The van der Waals surface area contributed by atoms with Crippen molar-refractivity contribution >= 4 is 20.5 Å². The molecular weight excluding hydrogens is 80.2 g/mol. The summed E-state index contributed by atoms with van der Waals surface area (Å²) in [4.78, 5) is 0. The van der Waals surface area contributed by atoms with Crippen molar-refractivity contribution in [3.63, 3.8) is 0 Å². The number of hydrogen-bond acceptors (Lipinski definition) is 0. The van der Waals surface area contributed by atoms with E-state index in [0.29, 0.717) is 5.16 Å². The molecule has 2 heteroatoms. The van der Waals surface area contributed by atoms with Gasteiger partial charge in [0.25, 0.3) is 0 Å².